The molecule has 2 rings (SSSR count). The van der Waals surface area contributed by atoms with Crippen LogP contribution in [0.5, 0.6) is 0 Å². The van der Waals surface area contributed by atoms with E-state index in [1.54, 1.807) is 0 Å². The number of carbonyl (C=O) groups is 2. The molecule has 0 bridgehead atoms. The number of halogens is 1. The first-order valence-electron chi connectivity index (χ1n) is 7.64. The van der Waals surface area contributed by atoms with Crippen LogP contribution in [0.25, 0.3) is 0 Å². The number of anilines is 1. The quantitative estimate of drug-likeness (QED) is 0.865. The van der Waals surface area contributed by atoms with Gasteiger partial charge in [-0.25, -0.2) is 9.18 Å². The van der Waals surface area contributed by atoms with E-state index in [0.717, 1.165) is 16.7 Å². The fourth-order valence-corrected chi connectivity index (χ4v) is 2.51. The summed E-state index contributed by atoms with van der Waals surface area (Å²) < 4.78 is 18.6. The number of ether oxygens (including phenoxy) is 1. The second kappa shape index (κ2) is 7.25. The Hall–Kier alpha value is -2.69. The first-order valence-corrected chi connectivity index (χ1v) is 7.64. The van der Waals surface area contributed by atoms with E-state index in [0.29, 0.717) is 5.69 Å². The maximum absolute atomic E-state index is 13.6. The second-order valence-corrected chi connectivity index (χ2v) is 5.79. The topological polar surface area (TPSA) is 55.4 Å². The normalized spacial score (nSPS) is 11.7. The molecule has 24 heavy (non-hydrogen) atoms. The Kier molecular flexibility index (Phi) is 5.34. The molecule has 4 nitrogen and oxygen atoms in total. The number of rotatable bonds is 4. The summed E-state index contributed by atoms with van der Waals surface area (Å²) >= 11 is 0. The van der Waals surface area contributed by atoms with E-state index in [1.807, 2.05) is 32.9 Å². The number of nitrogens with one attached hydrogen (secondary N) is 1. The smallest absolute Gasteiger partial charge is 0.341 e. The Morgan fingerprint density at radius 3 is 2.25 bits per heavy atom. The largest absolute Gasteiger partial charge is 0.449 e. The van der Waals surface area contributed by atoms with E-state index in [2.05, 4.69) is 5.32 Å². The molecule has 2 aromatic carbocycles. The fraction of sp³-hybridized carbons (Fsp3) is 0.263. The molecule has 5 heteroatoms. The zero-order valence-corrected chi connectivity index (χ0v) is 14.1. The van der Waals surface area contributed by atoms with E-state index in [-0.39, 0.29) is 5.56 Å². The minimum atomic E-state index is -1.04. The first-order chi connectivity index (χ1) is 11.3. The first kappa shape index (κ1) is 17.7. The van der Waals surface area contributed by atoms with Gasteiger partial charge >= 0.3 is 5.97 Å². The maximum Gasteiger partial charge on any atom is 0.341 e. The molecule has 0 aliphatic heterocycles. The molecule has 0 heterocycles. The van der Waals surface area contributed by atoms with Gasteiger partial charge in [0, 0.05) is 5.69 Å². The third kappa shape index (κ3) is 3.98. The van der Waals surface area contributed by atoms with E-state index in [1.165, 1.54) is 31.2 Å². The standard InChI is InChI=1S/C19H20FNO3/c1-11-9-12(2)17(13(3)10-11)21-18(22)14(4)24-19(23)15-7-5-6-8-16(15)20/h5-10,14H,1-4H3,(H,21,22)/t14-/m0/s1. The Labute approximate surface area is 140 Å². The number of hydrogen-bond acceptors (Lipinski definition) is 3. The summed E-state index contributed by atoms with van der Waals surface area (Å²) in [6.07, 6.45) is -1.04. The van der Waals surface area contributed by atoms with Crippen LogP contribution in [0, 0.1) is 26.6 Å². The molecule has 0 unspecified atom stereocenters. The van der Waals surface area contributed by atoms with Crippen molar-refractivity contribution in [2.24, 2.45) is 0 Å². The van der Waals surface area contributed by atoms with Gasteiger partial charge in [0.05, 0.1) is 5.56 Å². The van der Waals surface area contributed by atoms with Gasteiger partial charge < -0.3 is 10.1 Å². The van der Waals surface area contributed by atoms with Crippen LogP contribution in [0.15, 0.2) is 36.4 Å². The highest BCUT2D eigenvalue weighted by Crippen LogP contribution is 2.22. The second-order valence-electron chi connectivity index (χ2n) is 5.79. The molecular weight excluding hydrogens is 309 g/mol. The van der Waals surface area contributed by atoms with Crippen molar-refractivity contribution in [3.8, 4) is 0 Å². The summed E-state index contributed by atoms with van der Waals surface area (Å²) in [4.78, 5) is 24.2. The van der Waals surface area contributed by atoms with Crippen LogP contribution in [0.2, 0.25) is 0 Å². The van der Waals surface area contributed by atoms with Crippen LogP contribution in [-0.2, 0) is 9.53 Å². The molecule has 0 aliphatic rings. The summed E-state index contributed by atoms with van der Waals surface area (Å²) in [5, 5.41) is 2.77. The Balaban J connectivity index is 2.08. The number of benzene rings is 2. The number of carbonyl (C=O) groups excluding carboxylic acids is 2. The third-order valence-electron chi connectivity index (χ3n) is 3.67. The number of hydrogen-bond donors (Lipinski definition) is 1. The monoisotopic (exact) mass is 329 g/mol. The molecule has 0 saturated carbocycles. The van der Waals surface area contributed by atoms with E-state index in [9.17, 15) is 14.0 Å². The van der Waals surface area contributed by atoms with Crippen molar-refractivity contribution in [1.29, 1.82) is 0 Å². The number of aryl methyl sites for hydroxylation is 3. The van der Waals surface area contributed by atoms with Crippen LogP contribution < -0.4 is 5.32 Å². The Morgan fingerprint density at radius 1 is 1.08 bits per heavy atom. The molecule has 0 fully saturated rings. The van der Waals surface area contributed by atoms with Gasteiger partial charge in [-0.05, 0) is 51.0 Å². The van der Waals surface area contributed by atoms with Crippen molar-refractivity contribution in [3.05, 3.63) is 64.5 Å². The van der Waals surface area contributed by atoms with Crippen molar-refractivity contribution in [2.75, 3.05) is 5.32 Å². The molecule has 0 aliphatic carbocycles. The Morgan fingerprint density at radius 2 is 1.67 bits per heavy atom. The molecule has 1 amide bonds. The summed E-state index contributed by atoms with van der Waals surface area (Å²) in [6, 6.07) is 9.41. The highest BCUT2D eigenvalue weighted by Gasteiger charge is 2.21. The zero-order chi connectivity index (χ0) is 17.9. The molecule has 2 aromatic rings. The predicted molar refractivity (Wildman–Crippen MR) is 90.6 cm³/mol. The average molecular weight is 329 g/mol. The molecule has 0 spiro atoms. The van der Waals surface area contributed by atoms with Crippen molar-refractivity contribution in [2.45, 2.75) is 33.8 Å². The van der Waals surface area contributed by atoms with Crippen molar-refractivity contribution in [3.63, 3.8) is 0 Å². The van der Waals surface area contributed by atoms with Crippen LogP contribution in [-0.4, -0.2) is 18.0 Å². The van der Waals surface area contributed by atoms with E-state index < -0.39 is 23.8 Å². The van der Waals surface area contributed by atoms with Crippen molar-refractivity contribution >= 4 is 17.6 Å². The average Bonchev–Trinajstić information content (AvgIpc) is 2.50. The SMILES string of the molecule is Cc1cc(C)c(NC(=O)[C@H](C)OC(=O)c2ccccc2F)c(C)c1. The highest BCUT2D eigenvalue weighted by molar-refractivity contribution is 5.98. The van der Waals surface area contributed by atoms with Crippen molar-refractivity contribution < 1.29 is 18.7 Å². The van der Waals surface area contributed by atoms with Gasteiger partial charge in [-0.2, -0.15) is 0 Å². The fourth-order valence-electron chi connectivity index (χ4n) is 2.51. The number of esters is 1. The van der Waals surface area contributed by atoms with Gasteiger partial charge in [-0.1, -0.05) is 29.8 Å². The third-order valence-corrected chi connectivity index (χ3v) is 3.67. The predicted octanol–water partition coefficient (Wildman–Crippen LogP) is 3.93. The number of amides is 1. The summed E-state index contributed by atoms with van der Waals surface area (Å²) in [5.74, 6) is -2.01. The van der Waals surface area contributed by atoms with Crippen LogP contribution in [0.1, 0.15) is 34.0 Å². The van der Waals surface area contributed by atoms with Crippen LogP contribution in [0.3, 0.4) is 0 Å². The lowest BCUT2D eigenvalue weighted by Crippen LogP contribution is -2.30. The molecule has 0 aromatic heterocycles. The van der Waals surface area contributed by atoms with Gasteiger partial charge in [0.2, 0.25) is 0 Å². The van der Waals surface area contributed by atoms with Gasteiger partial charge in [0.15, 0.2) is 6.10 Å². The van der Waals surface area contributed by atoms with Gasteiger partial charge in [0.25, 0.3) is 5.91 Å². The summed E-state index contributed by atoms with van der Waals surface area (Å²) in [6.45, 7) is 7.22. The highest BCUT2D eigenvalue weighted by atomic mass is 19.1. The van der Waals surface area contributed by atoms with Gasteiger partial charge in [-0.15, -0.1) is 0 Å². The lowest BCUT2D eigenvalue weighted by molar-refractivity contribution is -0.123. The summed E-state index contributed by atoms with van der Waals surface area (Å²) in [7, 11) is 0. The summed E-state index contributed by atoms with van der Waals surface area (Å²) in [5.41, 5.74) is 3.45. The minimum Gasteiger partial charge on any atom is -0.449 e. The molecule has 1 N–H and O–H groups in total. The zero-order valence-electron chi connectivity index (χ0n) is 14.1. The van der Waals surface area contributed by atoms with Crippen LogP contribution in [0.4, 0.5) is 10.1 Å². The van der Waals surface area contributed by atoms with Crippen molar-refractivity contribution in [1.82, 2.24) is 0 Å². The molecule has 0 saturated heterocycles. The molecule has 126 valence electrons. The van der Waals surface area contributed by atoms with Gasteiger partial charge in [0.1, 0.15) is 5.82 Å². The van der Waals surface area contributed by atoms with E-state index in [4.69, 9.17) is 4.74 Å². The molecular formula is C19H20FNO3. The van der Waals surface area contributed by atoms with Crippen LogP contribution >= 0.6 is 0 Å². The Bertz CT molecular complexity index is 763. The van der Waals surface area contributed by atoms with E-state index >= 15 is 0 Å². The maximum atomic E-state index is 13.6. The molecule has 0 radical (unpaired) electrons. The minimum absolute atomic E-state index is 0.195. The lowest BCUT2D eigenvalue weighted by atomic mass is 10.0. The lowest BCUT2D eigenvalue weighted by Gasteiger charge is -2.17. The molecule has 1 atom stereocenters. The van der Waals surface area contributed by atoms with Gasteiger partial charge in [-0.3, -0.25) is 4.79 Å².